The molecule has 2 aliphatic carbocycles. The molecule has 0 bridgehead atoms. The van der Waals surface area contributed by atoms with E-state index in [1.54, 1.807) is 12.1 Å². The van der Waals surface area contributed by atoms with Gasteiger partial charge in [0.1, 0.15) is 5.82 Å². The predicted octanol–water partition coefficient (Wildman–Crippen LogP) is 6.14. The number of hydrogen-bond donors (Lipinski definition) is 0. The van der Waals surface area contributed by atoms with Crippen molar-refractivity contribution in [3.63, 3.8) is 0 Å². The van der Waals surface area contributed by atoms with Gasteiger partial charge in [-0.2, -0.15) is 0 Å². The van der Waals surface area contributed by atoms with Crippen molar-refractivity contribution in [1.29, 1.82) is 0 Å². The van der Waals surface area contributed by atoms with Crippen LogP contribution in [0.5, 0.6) is 0 Å². The van der Waals surface area contributed by atoms with Gasteiger partial charge in [-0.05, 0) is 67.6 Å². The summed E-state index contributed by atoms with van der Waals surface area (Å²) in [6, 6.07) is 28.5. The summed E-state index contributed by atoms with van der Waals surface area (Å²) in [5, 5.41) is 5.02. The van der Waals surface area contributed by atoms with Crippen molar-refractivity contribution in [3.8, 4) is 11.1 Å². The van der Waals surface area contributed by atoms with Gasteiger partial charge in [0.15, 0.2) is 0 Å². The molecule has 6 rings (SSSR count). The highest BCUT2D eigenvalue weighted by atomic mass is 19.1. The first-order chi connectivity index (χ1) is 15.3. The fourth-order valence-electron chi connectivity index (χ4n) is 5.02. The van der Waals surface area contributed by atoms with Gasteiger partial charge >= 0.3 is 0 Å². The number of halogens is 1. The predicted molar refractivity (Wildman–Crippen MR) is 127 cm³/mol. The van der Waals surface area contributed by atoms with Crippen LogP contribution in [0.4, 0.5) is 4.39 Å². The summed E-state index contributed by atoms with van der Waals surface area (Å²) in [6.07, 6.45) is 10.1. The van der Waals surface area contributed by atoms with Crippen LogP contribution in [0.1, 0.15) is 12.0 Å². The van der Waals surface area contributed by atoms with E-state index in [1.807, 2.05) is 12.1 Å². The highest BCUT2D eigenvalue weighted by Gasteiger charge is 2.24. The zero-order valence-electron chi connectivity index (χ0n) is 17.1. The zero-order chi connectivity index (χ0) is 20.8. The molecule has 0 aromatic heterocycles. The van der Waals surface area contributed by atoms with Crippen molar-refractivity contribution in [3.05, 3.63) is 131 Å². The van der Waals surface area contributed by atoms with E-state index in [4.69, 9.17) is 0 Å². The first-order valence-electron chi connectivity index (χ1n) is 10.8. The van der Waals surface area contributed by atoms with Crippen LogP contribution in [0.3, 0.4) is 0 Å². The SMILES string of the molecule is Fc1ccc(-c2cccc3c2=CC2CC=CC=C2C=3c2cccc3ccccc23)cc1. The summed E-state index contributed by atoms with van der Waals surface area (Å²) in [6.45, 7) is 0. The van der Waals surface area contributed by atoms with Gasteiger partial charge in [0.25, 0.3) is 0 Å². The Kier molecular flexibility index (Phi) is 4.21. The first kappa shape index (κ1) is 18.1. The minimum atomic E-state index is -0.205. The molecule has 0 saturated heterocycles. The Labute approximate surface area is 181 Å². The quantitative estimate of drug-likeness (QED) is 0.379. The van der Waals surface area contributed by atoms with Gasteiger partial charge in [0.2, 0.25) is 0 Å². The molecule has 1 unspecified atom stereocenters. The van der Waals surface area contributed by atoms with Gasteiger partial charge in [0.05, 0.1) is 0 Å². The second-order valence-corrected chi connectivity index (χ2v) is 8.23. The average molecular weight is 400 g/mol. The second kappa shape index (κ2) is 7.21. The maximum atomic E-state index is 13.6. The molecular formula is C30H21F. The van der Waals surface area contributed by atoms with Gasteiger partial charge in [-0.1, -0.05) is 97.1 Å². The largest absolute Gasteiger partial charge is 0.207 e. The highest BCUT2D eigenvalue weighted by molar-refractivity contribution is 5.99. The Morgan fingerprint density at radius 2 is 1.52 bits per heavy atom. The van der Waals surface area contributed by atoms with E-state index in [0.717, 1.165) is 17.5 Å². The molecule has 0 N–H and O–H groups in total. The Hall–Kier alpha value is -3.71. The van der Waals surface area contributed by atoms with Crippen molar-refractivity contribution in [2.45, 2.75) is 6.42 Å². The van der Waals surface area contributed by atoms with Crippen LogP contribution in [-0.4, -0.2) is 0 Å². The minimum Gasteiger partial charge on any atom is -0.207 e. The second-order valence-electron chi connectivity index (χ2n) is 8.23. The molecule has 0 aliphatic heterocycles. The highest BCUT2D eigenvalue weighted by Crippen LogP contribution is 2.37. The molecule has 0 fully saturated rings. The molecular weight excluding hydrogens is 379 g/mol. The minimum absolute atomic E-state index is 0.205. The summed E-state index contributed by atoms with van der Waals surface area (Å²) in [5.74, 6) is 0.135. The lowest BCUT2D eigenvalue weighted by Crippen LogP contribution is -2.35. The lowest BCUT2D eigenvalue weighted by Gasteiger charge is -2.27. The number of benzene rings is 4. The van der Waals surface area contributed by atoms with Gasteiger partial charge in [0, 0.05) is 5.92 Å². The number of rotatable bonds is 2. The van der Waals surface area contributed by atoms with Gasteiger partial charge in [-0.15, -0.1) is 0 Å². The molecule has 0 radical (unpaired) electrons. The molecule has 0 amide bonds. The maximum absolute atomic E-state index is 13.6. The van der Waals surface area contributed by atoms with Gasteiger partial charge in [-0.25, -0.2) is 4.39 Å². The van der Waals surface area contributed by atoms with E-state index >= 15 is 0 Å². The van der Waals surface area contributed by atoms with Gasteiger partial charge in [-0.3, -0.25) is 0 Å². The third kappa shape index (κ3) is 2.97. The monoisotopic (exact) mass is 400 g/mol. The molecule has 31 heavy (non-hydrogen) atoms. The summed E-state index contributed by atoms with van der Waals surface area (Å²) >= 11 is 0. The summed E-state index contributed by atoms with van der Waals surface area (Å²) in [5.41, 5.74) is 6.17. The van der Waals surface area contributed by atoms with E-state index in [-0.39, 0.29) is 5.82 Å². The summed E-state index contributed by atoms with van der Waals surface area (Å²) in [4.78, 5) is 0. The summed E-state index contributed by atoms with van der Waals surface area (Å²) < 4.78 is 13.6. The van der Waals surface area contributed by atoms with E-state index in [0.29, 0.717) is 5.92 Å². The zero-order valence-corrected chi connectivity index (χ0v) is 17.1. The third-order valence-corrected chi connectivity index (χ3v) is 6.45. The van der Waals surface area contributed by atoms with Crippen molar-refractivity contribution in [2.24, 2.45) is 5.92 Å². The topological polar surface area (TPSA) is 0 Å². The Bertz CT molecular complexity index is 1500. The molecule has 4 aromatic carbocycles. The van der Waals surface area contributed by atoms with Gasteiger partial charge < -0.3 is 0 Å². The van der Waals surface area contributed by atoms with Crippen LogP contribution in [0, 0.1) is 11.7 Å². The van der Waals surface area contributed by atoms with Crippen LogP contribution in [-0.2, 0) is 0 Å². The lowest BCUT2D eigenvalue weighted by molar-refractivity contribution is 0.628. The third-order valence-electron chi connectivity index (χ3n) is 6.45. The smallest absolute Gasteiger partial charge is 0.123 e. The van der Waals surface area contributed by atoms with E-state index < -0.39 is 0 Å². The molecule has 0 saturated carbocycles. The molecule has 0 spiro atoms. The number of hydrogen-bond acceptors (Lipinski definition) is 0. The van der Waals surface area contributed by atoms with Crippen molar-refractivity contribution in [1.82, 2.24) is 0 Å². The van der Waals surface area contributed by atoms with E-state index in [1.165, 1.54) is 37.9 Å². The number of allylic oxidation sites excluding steroid dienone is 4. The molecule has 1 heteroatoms. The molecule has 4 aromatic rings. The molecule has 148 valence electrons. The Morgan fingerprint density at radius 3 is 2.42 bits per heavy atom. The fraction of sp³-hybridized carbons (Fsp3) is 0.0667. The van der Waals surface area contributed by atoms with Crippen molar-refractivity contribution in [2.75, 3.05) is 0 Å². The Morgan fingerprint density at radius 1 is 0.742 bits per heavy atom. The van der Waals surface area contributed by atoms with Crippen molar-refractivity contribution >= 4 is 22.4 Å². The van der Waals surface area contributed by atoms with E-state index in [9.17, 15) is 4.39 Å². The lowest BCUT2D eigenvalue weighted by atomic mass is 9.77. The molecule has 0 nitrogen and oxygen atoms in total. The molecule has 2 aliphatic rings. The Balaban J connectivity index is 1.74. The van der Waals surface area contributed by atoms with Crippen LogP contribution < -0.4 is 10.4 Å². The van der Waals surface area contributed by atoms with Crippen LogP contribution in [0.15, 0.2) is 109 Å². The van der Waals surface area contributed by atoms with Crippen LogP contribution >= 0.6 is 0 Å². The normalized spacial score (nSPS) is 17.0. The fourth-order valence-corrected chi connectivity index (χ4v) is 5.02. The van der Waals surface area contributed by atoms with E-state index in [2.05, 4.69) is 85.0 Å². The standard InChI is InChI=1S/C30H21F/c31-23-17-15-21(16-18-23)25-12-6-14-28-29(25)19-22-8-2-4-11-26(22)30(28)27-13-5-9-20-7-1-3-10-24(20)27/h1-7,9-19,22H,8H2. The molecule has 1 atom stereocenters. The molecule has 0 heterocycles. The average Bonchev–Trinajstić information content (AvgIpc) is 2.82. The van der Waals surface area contributed by atoms with Crippen molar-refractivity contribution < 1.29 is 4.39 Å². The van der Waals surface area contributed by atoms with Crippen LogP contribution in [0.2, 0.25) is 0 Å². The number of fused-ring (bicyclic) bond motifs is 3. The summed E-state index contributed by atoms with van der Waals surface area (Å²) in [7, 11) is 0. The maximum Gasteiger partial charge on any atom is 0.123 e. The van der Waals surface area contributed by atoms with Crippen LogP contribution in [0.25, 0.3) is 33.5 Å². The first-order valence-corrected chi connectivity index (χ1v) is 10.8.